The highest BCUT2D eigenvalue weighted by Gasteiger charge is 2.18. The number of hydrogen-bond acceptors (Lipinski definition) is 2. The minimum absolute atomic E-state index is 1.03. The first-order valence-electron chi connectivity index (χ1n) is 13.8. The largest absolute Gasteiger partial charge is 0.345 e. The Hall–Kier alpha value is -5.08. The molecule has 1 aliphatic rings. The molecule has 0 radical (unpaired) electrons. The summed E-state index contributed by atoms with van der Waals surface area (Å²) in [5.41, 5.74) is 13.7. The van der Waals surface area contributed by atoms with E-state index in [-0.39, 0.29) is 0 Å². The Labute approximate surface area is 236 Å². The molecule has 0 atom stereocenters. The van der Waals surface area contributed by atoms with E-state index >= 15 is 0 Å². The Bertz CT molecular complexity index is 1730. The maximum absolute atomic E-state index is 2.35. The van der Waals surface area contributed by atoms with Gasteiger partial charge in [-0.2, -0.15) is 0 Å². The molecule has 2 nitrogen and oxygen atoms in total. The molecule has 0 fully saturated rings. The van der Waals surface area contributed by atoms with E-state index < -0.39 is 0 Å². The van der Waals surface area contributed by atoms with Crippen LogP contribution in [0.4, 0.5) is 28.4 Å². The van der Waals surface area contributed by atoms with Crippen molar-refractivity contribution in [2.75, 3.05) is 16.8 Å². The van der Waals surface area contributed by atoms with Crippen molar-refractivity contribution < 1.29 is 0 Å². The zero-order valence-corrected chi connectivity index (χ0v) is 22.5. The zero-order chi connectivity index (χ0) is 26.9. The second-order valence-electron chi connectivity index (χ2n) is 10.3. The van der Waals surface area contributed by atoms with Crippen molar-refractivity contribution in [2.45, 2.75) is 6.42 Å². The topological polar surface area (TPSA) is 6.48 Å². The highest BCUT2D eigenvalue weighted by atomic mass is 15.2. The van der Waals surface area contributed by atoms with Gasteiger partial charge in [0.1, 0.15) is 0 Å². The molecule has 1 aliphatic carbocycles. The fourth-order valence-corrected chi connectivity index (χ4v) is 5.77. The maximum atomic E-state index is 2.35. The number of hydrogen-bond donors (Lipinski definition) is 0. The van der Waals surface area contributed by atoms with Crippen LogP contribution in [0.15, 0.2) is 152 Å². The predicted octanol–water partition coefficient (Wildman–Crippen LogP) is 10.2. The van der Waals surface area contributed by atoms with Crippen LogP contribution in [-0.2, 0) is 6.42 Å². The van der Waals surface area contributed by atoms with Gasteiger partial charge in [0.15, 0.2) is 0 Å². The van der Waals surface area contributed by atoms with Gasteiger partial charge in [0.2, 0.25) is 0 Å². The summed E-state index contributed by atoms with van der Waals surface area (Å²) in [5.74, 6) is 0. The molecule has 0 heterocycles. The Morgan fingerprint density at radius 3 is 1.70 bits per heavy atom. The van der Waals surface area contributed by atoms with Gasteiger partial charge >= 0.3 is 0 Å². The van der Waals surface area contributed by atoms with Crippen molar-refractivity contribution in [1.29, 1.82) is 0 Å². The Morgan fingerprint density at radius 2 is 0.975 bits per heavy atom. The molecule has 192 valence electrons. The van der Waals surface area contributed by atoms with Crippen LogP contribution in [0.25, 0.3) is 22.3 Å². The molecule has 2 heteroatoms. The second-order valence-corrected chi connectivity index (χ2v) is 10.3. The van der Waals surface area contributed by atoms with E-state index in [9.17, 15) is 0 Å². The van der Waals surface area contributed by atoms with Gasteiger partial charge < -0.3 is 9.80 Å². The molecule has 0 saturated carbocycles. The average molecular weight is 515 g/mol. The Kier molecular flexibility index (Phi) is 6.14. The Balaban J connectivity index is 1.18. The summed E-state index contributed by atoms with van der Waals surface area (Å²) in [6, 6.07) is 54.4. The molecule has 0 bridgehead atoms. The summed E-state index contributed by atoms with van der Waals surface area (Å²) in [7, 11) is 2.13. The van der Waals surface area contributed by atoms with Crippen LogP contribution in [0.1, 0.15) is 11.1 Å². The van der Waals surface area contributed by atoms with E-state index in [4.69, 9.17) is 0 Å². The SMILES string of the molecule is CN(c1ccc(-c2ccc3c(c2)-c2ccccc2C3)cc1)c1cccc(N(c2ccccc2)c2ccccc2)c1. The third-order valence-corrected chi connectivity index (χ3v) is 7.89. The summed E-state index contributed by atoms with van der Waals surface area (Å²) in [6.07, 6.45) is 1.03. The Morgan fingerprint density at radius 1 is 0.400 bits per heavy atom. The van der Waals surface area contributed by atoms with E-state index in [0.29, 0.717) is 0 Å². The first-order chi connectivity index (χ1) is 19.7. The molecule has 0 saturated heterocycles. The van der Waals surface area contributed by atoms with Crippen molar-refractivity contribution in [3.63, 3.8) is 0 Å². The molecule has 0 amide bonds. The molecule has 0 N–H and O–H groups in total. The van der Waals surface area contributed by atoms with Gasteiger partial charge in [-0.05, 0) is 100 Å². The van der Waals surface area contributed by atoms with Crippen LogP contribution >= 0.6 is 0 Å². The van der Waals surface area contributed by atoms with Gasteiger partial charge in [-0.25, -0.2) is 0 Å². The van der Waals surface area contributed by atoms with Gasteiger partial charge in [0.05, 0.1) is 0 Å². The number of benzene rings is 6. The lowest BCUT2D eigenvalue weighted by Crippen LogP contribution is -2.12. The second kappa shape index (κ2) is 10.2. The third-order valence-electron chi connectivity index (χ3n) is 7.89. The molecule has 0 aromatic heterocycles. The van der Waals surface area contributed by atoms with Crippen LogP contribution in [0, 0.1) is 0 Å². The number of anilines is 5. The molecule has 0 aliphatic heterocycles. The molecule has 0 spiro atoms. The first-order valence-corrected chi connectivity index (χ1v) is 13.8. The third kappa shape index (κ3) is 4.44. The molecule has 7 rings (SSSR count). The van der Waals surface area contributed by atoms with Crippen LogP contribution in [0.5, 0.6) is 0 Å². The molecule has 0 unspecified atom stereocenters. The monoisotopic (exact) mass is 514 g/mol. The summed E-state index contributed by atoms with van der Waals surface area (Å²) in [6.45, 7) is 0. The van der Waals surface area contributed by atoms with Crippen LogP contribution in [-0.4, -0.2) is 7.05 Å². The van der Waals surface area contributed by atoms with E-state index in [2.05, 4.69) is 169 Å². The van der Waals surface area contributed by atoms with Crippen molar-refractivity contribution >= 4 is 28.4 Å². The van der Waals surface area contributed by atoms with Crippen molar-refractivity contribution in [2.24, 2.45) is 0 Å². The summed E-state index contributed by atoms with van der Waals surface area (Å²) < 4.78 is 0. The quantitative estimate of drug-likeness (QED) is 0.218. The summed E-state index contributed by atoms with van der Waals surface area (Å²) >= 11 is 0. The highest BCUT2D eigenvalue weighted by molar-refractivity contribution is 5.83. The standard InChI is InChI=1S/C38H30N2/c1-39(35-16-10-17-36(27-35)40(33-12-4-2-5-13-33)34-14-6-3-7-15-34)32-23-21-28(22-24-32)29-19-20-31-25-30-11-8-9-18-37(30)38(31)26-29/h2-24,26-27H,25H2,1H3. The van der Waals surface area contributed by atoms with E-state index in [1.165, 1.54) is 33.4 Å². The maximum Gasteiger partial charge on any atom is 0.0482 e. The van der Waals surface area contributed by atoms with Gasteiger partial charge in [-0.1, -0.05) is 91.0 Å². The number of fused-ring (bicyclic) bond motifs is 3. The van der Waals surface area contributed by atoms with Crippen LogP contribution in [0.2, 0.25) is 0 Å². The number of nitrogens with zero attached hydrogens (tertiary/aromatic N) is 2. The molecular formula is C38H30N2. The van der Waals surface area contributed by atoms with Crippen molar-refractivity contribution in [3.05, 3.63) is 163 Å². The lowest BCUT2D eigenvalue weighted by Gasteiger charge is -2.27. The van der Waals surface area contributed by atoms with Gasteiger partial charge in [0.25, 0.3) is 0 Å². The average Bonchev–Trinajstić information content (AvgIpc) is 3.40. The van der Waals surface area contributed by atoms with Crippen molar-refractivity contribution in [3.8, 4) is 22.3 Å². The predicted molar refractivity (Wildman–Crippen MR) is 169 cm³/mol. The fraction of sp³-hybridized carbons (Fsp3) is 0.0526. The molecule has 40 heavy (non-hydrogen) atoms. The molecule has 6 aromatic carbocycles. The van der Waals surface area contributed by atoms with Gasteiger partial charge in [-0.15, -0.1) is 0 Å². The van der Waals surface area contributed by atoms with E-state index in [1.807, 2.05) is 0 Å². The number of para-hydroxylation sites is 2. The highest BCUT2D eigenvalue weighted by Crippen LogP contribution is 2.40. The van der Waals surface area contributed by atoms with E-state index in [0.717, 1.165) is 34.9 Å². The minimum Gasteiger partial charge on any atom is -0.345 e. The van der Waals surface area contributed by atoms with E-state index in [1.54, 1.807) is 0 Å². The molecule has 6 aromatic rings. The van der Waals surface area contributed by atoms with Gasteiger partial charge in [-0.3, -0.25) is 0 Å². The van der Waals surface area contributed by atoms with Crippen molar-refractivity contribution in [1.82, 2.24) is 0 Å². The normalized spacial score (nSPS) is 11.5. The van der Waals surface area contributed by atoms with Gasteiger partial charge in [0, 0.05) is 35.5 Å². The summed E-state index contributed by atoms with van der Waals surface area (Å²) in [5, 5.41) is 0. The zero-order valence-electron chi connectivity index (χ0n) is 22.5. The number of rotatable bonds is 6. The lowest BCUT2D eigenvalue weighted by molar-refractivity contribution is 1.20. The minimum atomic E-state index is 1.03. The van der Waals surface area contributed by atoms with Crippen LogP contribution in [0.3, 0.4) is 0 Å². The lowest BCUT2D eigenvalue weighted by atomic mass is 9.98. The van der Waals surface area contributed by atoms with Crippen LogP contribution < -0.4 is 9.80 Å². The molecular weight excluding hydrogens is 484 g/mol. The summed E-state index contributed by atoms with van der Waals surface area (Å²) in [4.78, 5) is 4.55. The fourth-order valence-electron chi connectivity index (χ4n) is 5.77. The first kappa shape index (κ1) is 24.0. The smallest absolute Gasteiger partial charge is 0.0482 e.